The van der Waals surface area contributed by atoms with Crippen LogP contribution in [0.3, 0.4) is 0 Å². The molecule has 0 aromatic heterocycles. The van der Waals surface area contributed by atoms with E-state index < -0.39 is 0 Å². The van der Waals surface area contributed by atoms with Crippen LogP contribution in [0.15, 0.2) is 0 Å². The molecule has 0 radical (unpaired) electrons. The molecule has 0 aromatic rings. The molecule has 0 spiro atoms. The number of ketones is 1. The van der Waals surface area contributed by atoms with Crippen LogP contribution in [0.25, 0.3) is 0 Å². The van der Waals surface area contributed by atoms with Crippen LogP contribution in [0.5, 0.6) is 0 Å². The van der Waals surface area contributed by atoms with E-state index >= 15 is 0 Å². The van der Waals surface area contributed by atoms with E-state index in [2.05, 4.69) is 0 Å². The molecule has 0 N–H and O–H groups in total. The number of carbonyl (C=O) groups excluding carboxylic acids is 1. The Morgan fingerprint density at radius 1 is 1.21 bits per heavy atom. The molecule has 3 nitrogen and oxygen atoms in total. The first-order chi connectivity index (χ1) is 6.43. The maximum Gasteiger partial charge on any atom is 0.187 e. The van der Waals surface area contributed by atoms with Crippen molar-refractivity contribution in [1.29, 1.82) is 0 Å². The van der Waals surface area contributed by atoms with Crippen LogP contribution in [0, 0.1) is 5.41 Å². The fourth-order valence-corrected chi connectivity index (χ4v) is 1.27. The second-order valence-corrected chi connectivity index (χ2v) is 4.30. The van der Waals surface area contributed by atoms with Crippen LogP contribution in [-0.4, -0.2) is 31.7 Å². The minimum Gasteiger partial charge on any atom is -0.374 e. The Morgan fingerprint density at radius 2 is 1.79 bits per heavy atom. The molecule has 0 aliphatic rings. The monoisotopic (exact) mass is 202 g/mol. The maximum atomic E-state index is 11.7. The van der Waals surface area contributed by atoms with E-state index in [9.17, 15) is 4.79 Å². The lowest BCUT2D eigenvalue weighted by molar-refractivity contribution is -0.141. The molecule has 14 heavy (non-hydrogen) atoms. The van der Waals surface area contributed by atoms with Crippen LogP contribution in [0.2, 0.25) is 0 Å². The van der Waals surface area contributed by atoms with E-state index in [4.69, 9.17) is 9.47 Å². The van der Waals surface area contributed by atoms with Crippen LogP contribution < -0.4 is 0 Å². The average molecular weight is 202 g/mol. The molecule has 0 aromatic carbocycles. The molecule has 0 saturated carbocycles. The van der Waals surface area contributed by atoms with Crippen LogP contribution in [-0.2, 0) is 14.3 Å². The Morgan fingerprint density at radius 3 is 2.14 bits per heavy atom. The zero-order chi connectivity index (χ0) is 11.2. The number of Topliss-reactive ketones (excluding diaryl/α,β-unsaturated/α-hetero) is 1. The van der Waals surface area contributed by atoms with Gasteiger partial charge in [0.15, 0.2) is 5.78 Å². The van der Waals surface area contributed by atoms with Crippen molar-refractivity contribution >= 4 is 5.78 Å². The van der Waals surface area contributed by atoms with Crippen molar-refractivity contribution < 1.29 is 14.3 Å². The van der Waals surface area contributed by atoms with E-state index in [-0.39, 0.29) is 23.9 Å². The van der Waals surface area contributed by atoms with Crippen molar-refractivity contribution in [2.75, 3.05) is 19.8 Å². The van der Waals surface area contributed by atoms with Gasteiger partial charge in [-0.25, -0.2) is 0 Å². The van der Waals surface area contributed by atoms with Gasteiger partial charge in [-0.3, -0.25) is 4.79 Å². The quantitative estimate of drug-likeness (QED) is 0.661. The Bertz CT molecular complexity index is 170. The molecule has 0 rings (SSSR count). The van der Waals surface area contributed by atoms with Gasteiger partial charge in [0.25, 0.3) is 0 Å². The molecule has 3 heteroatoms. The van der Waals surface area contributed by atoms with Crippen molar-refractivity contribution in [3.8, 4) is 0 Å². The highest BCUT2D eigenvalue weighted by molar-refractivity contribution is 5.85. The summed E-state index contributed by atoms with van der Waals surface area (Å²) in [7, 11) is 0. The second kappa shape index (κ2) is 6.14. The summed E-state index contributed by atoms with van der Waals surface area (Å²) < 4.78 is 10.5. The molecule has 0 bridgehead atoms. The van der Waals surface area contributed by atoms with Gasteiger partial charge in [0.05, 0.1) is 0 Å². The zero-order valence-electron chi connectivity index (χ0n) is 9.92. The first kappa shape index (κ1) is 13.6. The zero-order valence-corrected chi connectivity index (χ0v) is 9.92. The first-order valence-corrected chi connectivity index (χ1v) is 5.15. The fourth-order valence-electron chi connectivity index (χ4n) is 1.27. The average Bonchev–Trinajstić information content (AvgIpc) is 2.08. The molecule has 0 fully saturated rings. The van der Waals surface area contributed by atoms with Crippen molar-refractivity contribution in [3.05, 3.63) is 0 Å². The largest absolute Gasteiger partial charge is 0.374 e. The number of ether oxygens (including phenoxy) is 2. The fraction of sp³-hybridized carbons (Fsp3) is 0.909. The first-order valence-electron chi connectivity index (χ1n) is 5.15. The molecular weight excluding hydrogens is 180 g/mol. The van der Waals surface area contributed by atoms with Gasteiger partial charge in [-0.1, -0.05) is 20.8 Å². The van der Waals surface area contributed by atoms with Crippen LogP contribution >= 0.6 is 0 Å². The second-order valence-electron chi connectivity index (χ2n) is 4.30. The summed E-state index contributed by atoms with van der Waals surface area (Å²) >= 11 is 0. The Labute approximate surface area is 86.8 Å². The summed E-state index contributed by atoms with van der Waals surface area (Å²) in [5.41, 5.74) is -0.163. The summed E-state index contributed by atoms with van der Waals surface area (Å²) in [5.74, 6) is 0.0289. The molecule has 0 aliphatic carbocycles. The minimum absolute atomic E-state index is 0.0289. The lowest BCUT2D eigenvalue weighted by Crippen LogP contribution is -2.39. The van der Waals surface area contributed by atoms with Gasteiger partial charge >= 0.3 is 0 Å². The molecule has 84 valence electrons. The van der Waals surface area contributed by atoms with Gasteiger partial charge in [-0.2, -0.15) is 0 Å². The highest BCUT2D eigenvalue weighted by Crippen LogP contribution is 2.23. The Hall–Kier alpha value is -0.410. The Kier molecular flexibility index (Phi) is 5.96. The topological polar surface area (TPSA) is 35.5 Å². The van der Waals surface area contributed by atoms with E-state index in [1.54, 1.807) is 0 Å². The third-order valence-electron chi connectivity index (χ3n) is 1.86. The lowest BCUT2D eigenvalue weighted by atomic mass is 9.86. The summed E-state index contributed by atoms with van der Waals surface area (Å²) in [6.07, 6.45) is -0.362. The van der Waals surface area contributed by atoms with E-state index in [0.29, 0.717) is 13.2 Å². The van der Waals surface area contributed by atoms with E-state index in [1.165, 1.54) is 0 Å². The highest BCUT2D eigenvalue weighted by Gasteiger charge is 2.31. The number of hydrogen-bond acceptors (Lipinski definition) is 3. The highest BCUT2D eigenvalue weighted by atomic mass is 16.5. The van der Waals surface area contributed by atoms with Gasteiger partial charge in [-0.05, 0) is 19.3 Å². The van der Waals surface area contributed by atoms with Crippen molar-refractivity contribution in [3.63, 3.8) is 0 Å². The van der Waals surface area contributed by atoms with E-state index in [0.717, 1.165) is 0 Å². The van der Waals surface area contributed by atoms with Gasteiger partial charge < -0.3 is 9.47 Å². The Balaban J connectivity index is 4.26. The molecule has 1 atom stereocenters. The maximum absolute atomic E-state index is 11.7. The lowest BCUT2D eigenvalue weighted by Gasteiger charge is -2.28. The molecule has 1 unspecified atom stereocenters. The summed E-state index contributed by atoms with van der Waals surface area (Å²) in [6, 6.07) is 0. The third-order valence-corrected chi connectivity index (χ3v) is 1.86. The molecular formula is C11H22O3. The number of rotatable bonds is 6. The summed E-state index contributed by atoms with van der Waals surface area (Å²) in [5, 5.41) is 0. The van der Waals surface area contributed by atoms with Crippen LogP contribution in [0.4, 0.5) is 0 Å². The molecule has 0 aliphatic heterocycles. The SMILES string of the molecule is CCOCC(=O)C(OCC)C(C)(C)C. The van der Waals surface area contributed by atoms with Crippen molar-refractivity contribution in [1.82, 2.24) is 0 Å². The van der Waals surface area contributed by atoms with Gasteiger partial charge in [0, 0.05) is 13.2 Å². The van der Waals surface area contributed by atoms with E-state index in [1.807, 2.05) is 34.6 Å². The number of hydrogen-bond donors (Lipinski definition) is 0. The predicted molar refractivity (Wildman–Crippen MR) is 56.4 cm³/mol. The summed E-state index contributed by atoms with van der Waals surface area (Å²) in [6.45, 7) is 11.0. The molecule has 0 heterocycles. The van der Waals surface area contributed by atoms with Crippen molar-refractivity contribution in [2.45, 2.75) is 40.7 Å². The van der Waals surface area contributed by atoms with Crippen LogP contribution in [0.1, 0.15) is 34.6 Å². The third kappa shape index (κ3) is 4.72. The smallest absolute Gasteiger partial charge is 0.187 e. The normalized spacial score (nSPS) is 14.1. The molecule has 0 saturated heterocycles. The molecule has 0 amide bonds. The van der Waals surface area contributed by atoms with Gasteiger partial charge in [0.2, 0.25) is 0 Å². The summed E-state index contributed by atoms with van der Waals surface area (Å²) in [4.78, 5) is 11.7. The van der Waals surface area contributed by atoms with Crippen molar-refractivity contribution in [2.24, 2.45) is 5.41 Å². The standard InChI is InChI=1S/C11H22O3/c1-6-13-8-9(12)10(14-7-2)11(3,4)5/h10H,6-8H2,1-5H3. The minimum atomic E-state index is -0.362. The van der Waals surface area contributed by atoms with Gasteiger partial charge in [0.1, 0.15) is 12.7 Å². The van der Waals surface area contributed by atoms with Gasteiger partial charge in [-0.15, -0.1) is 0 Å². The number of carbonyl (C=O) groups is 1. The predicted octanol–water partition coefficient (Wildman–Crippen LogP) is 2.04.